The zero-order valence-corrected chi connectivity index (χ0v) is 21.6. The molecule has 0 saturated carbocycles. The van der Waals surface area contributed by atoms with E-state index in [9.17, 15) is 0 Å². The van der Waals surface area contributed by atoms with Crippen LogP contribution in [0.2, 0.25) is 0 Å². The highest BCUT2D eigenvalue weighted by molar-refractivity contribution is 5.80. The first kappa shape index (κ1) is 28.2. The summed E-state index contributed by atoms with van der Waals surface area (Å²) in [4.78, 5) is 5.03. The highest BCUT2D eigenvalue weighted by Gasteiger charge is 2.39. The Morgan fingerprint density at radius 2 is 1.22 bits per heavy atom. The number of methoxy groups -OCH3 is 2. The van der Waals surface area contributed by atoms with Crippen LogP contribution in [0.4, 0.5) is 0 Å². The maximum Gasteiger partial charge on any atom is 0.147 e. The van der Waals surface area contributed by atoms with Crippen LogP contribution >= 0.6 is 0 Å². The Balaban J connectivity index is 1.84. The Labute approximate surface area is 214 Å². The van der Waals surface area contributed by atoms with Crippen molar-refractivity contribution in [2.75, 3.05) is 54.2 Å². The minimum absolute atomic E-state index is 0.0769. The number of nitrogens with zero attached hydrogens (tertiary/aromatic N) is 1. The lowest BCUT2D eigenvalue weighted by molar-refractivity contribution is -0.181. The van der Waals surface area contributed by atoms with Gasteiger partial charge in [0.05, 0.1) is 44.3 Å². The third-order valence-electron chi connectivity index (χ3n) is 5.99. The maximum atomic E-state index is 6.38. The lowest BCUT2D eigenvalue weighted by Gasteiger charge is -2.34. The second-order valence-electron chi connectivity index (χ2n) is 8.71. The predicted molar refractivity (Wildman–Crippen MR) is 139 cm³/mol. The van der Waals surface area contributed by atoms with Crippen molar-refractivity contribution in [2.45, 2.75) is 44.1 Å². The molecule has 4 atom stereocenters. The quantitative estimate of drug-likeness (QED) is 0.280. The molecule has 0 unspecified atom stereocenters. The van der Waals surface area contributed by atoms with Crippen molar-refractivity contribution in [3.63, 3.8) is 0 Å². The molecule has 198 valence electrons. The van der Waals surface area contributed by atoms with Gasteiger partial charge in [-0.3, -0.25) is 4.99 Å². The smallest absolute Gasteiger partial charge is 0.147 e. The summed E-state index contributed by atoms with van der Waals surface area (Å²) in [5.41, 5.74) is 2.39. The molecule has 0 amide bonds. The number of hydrogen-bond donors (Lipinski definition) is 1. The topological polar surface area (TPSA) is 79.8 Å². The summed E-state index contributed by atoms with van der Waals surface area (Å²) in [6, 6.07) is 20.4. The third kappa shape index (κ3) is 9.61. The SMILES string of the molecule is COCCOCO[C@@H]1[C@@H](OCOCCOC)[C@@H](Cc2ccccc2)NC(C)=N[C@@H]1Cc1ccccc1. The van der Waals surface area contributed by atoms with Crippen molar-refractivity contribution < 1.29 is 28.4 Å². The molecule has 1 N–H and O–H groups in total. The summed E-state index contributed by atoms with van der Waals surface area (Å²) in [5, 5.41) is 3.59. The van der Waals surface area contributed by atoms with Crippen LogP contribution in [0.1, 0.15) is 18.1 Å². The van der Waals surface area contributed by atoms with Gasteiger partial charge in [0.2, 0.25) is 0 Å². The van der Waals surface area contributed by atoms with E-state index in [4.69, 9.17) is 33.4 Å². The Morgan fingerprint density at radius 1 is 0.694 bits per heavy atom. The van der Waals surface area contributed by atoms with Gasteiger partial charge in [-0.1, -0.05) is 60.7 Å². The molecule has 0 aliphatic carbocycles. The fourth-order valence-corrected chi connectivity index (χ4v) is 4.28. The molecule has 0 fully saturated rings. The molecule has 8 heteroatoms. The van der Waals surface area contributed by atoms with Crippen LogP contribution in [-0.4, -0.2) is 84.4 Å². The van der Waals surface area contributed by atoms with Crippen molar-refractivity contribution in [2.24, 2.45) is 4.99 Å². The van der Waals surface area contributed by atoms with Gasteiger partial charge in [-0.25, -0.2) is 0 Å². The molecule has 2 aromatic rings. The third-order valence-corrected chi connectivity index (χ3v) is 5.99. The molecule has 36 heavy (non-hydrogen) atoms. The van der Waals surface area contributed by atoms with E-state index in [0.29, 0.717) is 32.8 Å². The minimum atomic E-state index is -0.363. The maximum absolute atomic E-state index is 6.38. The molecule has 0 radical (unpaired) electrons. The molecular weight excluding hydrogens is 460 g/mol. The number of hydrogen-bond acceptors (Lipinski definition) is 8. The van der Waals surface area contributed by atoms with Gasteiger partial charge < -0.3 is 33.7 Å². The average Bonchev–Trinajstić information content (AvgIpc) is 3.00. The molecular formula is C28H40N2O6. The average molecular weight is 501 g/mol. The van der Waals surface area contributed by atoms with Crippen LogP contribution in [0.3, 0.4) is 0 Å². The van der Waals surface area contributed by atoms with E-state index >= 15 is 0 Å². The molecule has 1 heterocycles. The predicted octanol–water partition coefficient (Wildman–Crippen LogP) is 3.24. The molecule has 0 saturated heterocycles. The Kier molecular flexibility index (Phi) is 12.9. The summed E-state index contributed by atoms with van der Waals surface area (Å²) < 4.78 is 34.3. The van der Waals surface area contributed by atoms with E-state index in [1.807, 2.05) is 43.3 Å². The monoisotopic (exact) mass is 500 g/mol. The zero-order chi connectivity index (χ0) is 25.4. The van der Waals surface area contributed by atoms with Gasteiger partial charge in [-0.15, -0.1) is 0 Å². The van der Waals surface area contributed by atoms with E-state index in [-0.39, 0.29) is 37.9 Å². The molecule has 0 spiro atoms. The largest absolute Gasteiger partial charge is 0.382 e. The number of rotatable bonds is 16. The normalized spacial score (nSPS) is 22.0. The number of ether oxygens (including phenoxy) is 6. The number of nitrogens with one attached hydrogen (secondary N) is 1. The highest BCUT2D eigenvalue weighted by Crippen LogP contribution is 2.24. The lowest BCUT2D eigenvalue weighted by atomic mass is 9.92. The van der Waals surface area contributed by atoms with Crippen LogP contribution in [0.15, 0.2) is 65.7 Å². The van der Waals surface area contributed by atoms with Gasteiger partial charge in [-0.05, 0) is 30.9 Å². The number of benzene rings is 2. The first-order valence-electron chi connectivity index (χ1n) is 12.5. The van der Waals surface area contributed by atoms with Gasteiger partial charge in [0, 0.05) is 14.2 Å². The van der Waals surface area contributed by atoms with Crippen LogP contribution in [-0.2, 0) is 41.3 Å². The second kappa shape index (κ2) is 16.4. The van der Waals surface area contributed by atoms with E-state index in [1.165, 1.54) is 11.1 Å². The van der Waals surface area contributed by atoms with Gasteiger partial charge in [-0.2, -0.15) is 0 Å². The lowest BCUT2D eigenvalue weighted by Crippen LogP contribution is -2.52. The first-order chi connectivity index (χ1) is 17.7. The van der Waals surface area contributed by atoms with E-state index in [0.717, 1.165) is 12.3 Å². The summed E-state index contributed by atoms with van der Waals surface area (Å²) in [5.74, 6) is 0.858. The molecule has 2 aromatic carbocycles. The van der Waals surface area contributed by atoms with E-state index < -0.39 is 0 Å². The van der Waals surface area contributed by atoms with Crippen LogP contribution in [0.5, 0.6) is 0 Å². The molecule has 8 nitrogen and oxygen atoms in total. The molecule has 0 aromatic heterocycles. The Bertz CT molecular complexity index is 867. The molecule has 1 aliphatic heterocycles. The molecule has 3 rings (SSSR count). The summed E-state index contributed by atoms with van der Waals surface area (Å²) >= 11 is 0. The first-order valence-corrected chi connectivity index (χ1v) is 12.5. The van der Waals surface area contributed by atoms with E-state index in [1.54, 1.807) is 14.2 Å². The van der Waals surface area contributed by atoms with Crippen molar-refractivity contribution in [1.29, 1.82) is 0 Å². The standard InChI is InChI=1S/C28H40N2O6/c1-22-29-25(18-23-10-6-4-7-11-23)27(35-20-33-16-14-31-2)28(36-21-34-17-15-32-3)26(30-22)19-24-12-8-5-9-13-24/h4-13,25-28H,14-21H2,1-3H3,(H,29,30)/t25-,26-,27+,28+/m1/s1. The van der Waals surface area contributed by atoms with Gasteiger partial charge in [0.15, 0.2) is 0 Å². The van der Waals surface area contributed by atoms with Crippen molar-refractivity contribution >= 4 is 5.84 Å². The summed E-state index contributed by atoms with van der Waals surface area (Å²) in [6.45, 7) is 4.16. The van der Waals surface area contributed by atoms with Gasteiger partial charge in [0.1, 0.15) is 25.8 Å². The molecule has 1 aliphatic rings. The molecule has 0 bridgehead atoms. The zero-order valence-electron chi connectivity index (χ0n) is 21.6. The van der Waals surface area contributed by atoms with Crippen LogP contribution < -0.4 is 5.32 Å². The van der Waals surface area contributed by atoms with Crippen molar-refractivity contribution in [1.82, 2.24) is 5.32 Å². The van der Waals surface area contributed by atoms with E-state index in [2.05, 4.69) is 29.6 Å². The Hall–Kier alpha value is -2.33. The number of amidine groups is 1. The Morgan fingerprint density at radius 3 is 1.78 bits per heavy atom. The number of aliphatic imine (C=N–C) groups is 1. The van der Waals surface area contributed by atoms with Crippen LogP contribution in [0.25, 0.3) is 0 Å². The fraction of sp³-hybridized carbons (Fsp3) is 0.536. The minimum Gasteiger partial charge on any atom is -0.382 e. The highest BCUT2D eigenvalue weighted by atomic mass is 16.7. The van der Waals surface area contributed by atoms with Crippen molar-refractivity contribution in [3.05, 3.63) is 71.8 Å². The van der Waals surface area contributed by atoms with Gasteiger partial charge >= 0.3 is 0 Å². The van der Waals surface area contributed by atoms with Gasteiger partial charge in [0.25, 0.3) is 0 Å². The second-order valence-corrected chi connectivity index (χ2v) is 8.71. The fourth-order valence-electron chi connectivity index (χ4n) is 4.28. The van der Waals surface area contributed by atoms with Crippen molar-refractivity contribution in [3.8, 4) is 0 Å². The van der Waals surface area contributed by atoms with Crippen LogP contribution in [0, 0.1) is 0 Å². The summed E-state index contributed by atoms with van der Waals surface area (Å²) in [6.07, 6.45) is 0.760. The summed E-state index contributed by atoms with van der Waals surface area (Å²) in [7, 11) is 3.30.